The lowest BCUT2D eigenvalue weighted by molar-refractivity contribution is -0.0304. The first-order valence-corrected chi connectivity index (χ1v) is 3.54. The molecule has 0 amide bonds. The Balaban J connectivity index is 1.80. The van der Waals surface area contributed by atoms with Gasteiger partial charge in [0, 0.05) is 26.2 Å². The van der Waals surface area contributed by atoms with E-state index in [1.807, 2.05) is 0 Å². The molecule has 2 aliphatic heterocycles. The Hall–Kier alpha value is -0.120. The molecule has 0 atom stereocenters. The SMILES string of the molecule is C1CN(N2CC2)CCO1. The van der Waals surface area contributed by atoms with Crippen LogP contribution in [0.4, 0.5) is 0 Å². The van der Waals surface area contributed by atoms with Gasteiger partial charge in [0.25, 0.3) is 0 Å². The number of hydrogen-bond acceptors (Lipinski definition) is 3. The molecule has 2 heterocycles. The zero-order chi connectivity index (χ0) is 6.10. The van der Waals surface area contributed by atoms with Crippen LogP contribution < -0.4 is 0 Å². The van der Waals surface area contributed by atoms with Crippen LogP contribution in [-0.4, -0.2) is 49.4 Å². The van der Waals surface area contributed by atoms with Gasteiger partial charge in [0.2, 0.25) is 0 Å². The second-order valence-electron chi connectivity index (χ2n) is 2.52. The molecule has 0 aromatic heterocycles. The number of hydrogen-bond donors (Lipinski definition) is 0. The predicted octanol–water partition coefficient (Wildman–Crippen LogP) is -0.451. The van der Waals surface area contributed by atoms with Crippen molar-refractivity contribution < 1.29 is 4.74 Å². The van der Waals surface area contributed by atoms with Crippen LogP contribution in [0.5, 0.6) is 0 Å². The topological polar surface area (TPSA) is 15.5 Å². The summed E-state index contributed by atoms with van der Waals surface area (Å²) in [4.78, 5) is 0. The van der Waals surface area contributed by atoms with Crippen molar-refractivity contribution in [3.05, 3.63) is 0 Å². The Morgan fingerprint density at radius 2 is 1.33 bits per heavy atom. The van der Waals surface area contributed by atoms with E-state index in [9.17, 15) is 0 Å². The van der Waals surface area contributed by atoms with Crippen molar-refractivity contribution in [2.75, 3.05) is 39.4 Å². The van der Waals surface area contributed by atoms with Crippen LogP contribution in [0.2, 0.25) is 0 Å². The van der Waals surface area contributed by atoms with Crippen LogP contribution in [0, 0.1) is 0 Å². The van der Waals surface area contributed by atoms with Gasteiger partial charge in [-0.2, -0.15) is 0 Å². The number of rotatable bonds is 1. The normalized spacial score (nSPS) is 30.7. The van der Waals surface area contributed by atoms with E-state index in [1.165, 1.54) is 13.1 Å². The van der Waals surface area contributed by atoms with E-state index >= 15 is 0 Å². The number of nitrogens with zero attached hydrogens (tertiary/aromatic N) is 2. The molecule has 3 heteroatoms. The third-order valence-corrected chi connectivity index (χ3v) is 1.81. The van der Waals surface area contributed by atoms with E-state index in [0.717, 1.165) is 26.3 Å². The van der Waals surface area contributed by atoms with Crippen LogP contribution in [0.15, 0.2) is 0 Å². The summed E-state index contributed by atoms with van der Waals surface area (Å²) in [5.74, 6) is 0. The molecule has 3 nitrogen and oxygen atoms in total. The van der Waals surface area contributed by atoms with Gasteiger partial charge in [0.05, 0.1) is 13.2 Å². The van der Waals surface area contributed by atoms with Crippen molar-refractivity contribution in [3.8, 4) is 0 Å². The Bertz CT molecular complexity index is 97.2. The molecule has 0 bridgehead atoms. The molecule has 0 aromatic rings. The van der Waals surface area contributed by atoms with E-state index in [4.69, 9.17) is 4.74 Å². The van der Waals surface area contributed by atoms with E-state index in [0.29, 0.717) is 0 Å². The Labute approximate surface area is 55.2 Å². The fourth-order valence-corrected chi connectivity index (χ4v) is 1.16. The Morgan fingerprint density at radius 3 is 1.89 bits per heavy atom. The summed E-state index contributed by atoms with van der Waals surface area (Å²) in [6.07, 6.45) is 0. The smallest absolute Gasteiger partial charge is 0.0608 e. The highest BCUT2D eigenvalue weighted by Gasteiger charge is 2.26. The maximum atomic E-state index is 5.21. The van der Waals surface area contributed by atoms with Crippen LogP contribution in [0.25, 0.3) is 0 Å². The van der Waals surface area contributed by atoms with Gasteiger partial charge < -0.3 is 4.74 Å². The molecule has 9 heavy (non-hydrogen) atoms. The lowest BCUT2D eigenvalue weighted by atomic mass is 10.5. The summed E-state index contributed by atoms with van der Waals surface area (Å²) >= 11 is 0. The summed E-state index contributed by atoms with van der Waals surface area (Å²) in [5.41, 5.74) is 0. The highest BCUT2D eigenvalue weighted by Crippen LogP contribution is 2.10. The second-order valence-corrected chi connectivity index (χ2v) is 2.52. The van der Waals surface area contributed by atoms with E-state index in [-0.39, 0.29) is 0 Å². The van der Waals surface area contributed by atoms with Gasteiger partial charge in [-0.15, -0.1) is 0 Å². The van der Waals surface area contributed by atoms with E-state index in [2.05, 4.69) is 10.0 Å². The first-order chi connectivity index (χ1) is 4.47. The molecule has 0 spiro atoms. The first-order valence-electron chi connectivity index (χ1n) is 3.54. The highest BCUT2D eigenvalue weighted by molar-refractivity contribution is 4.72. The van der Waals surface area contributed by atoms with Crippen LogP contribution in [0.3, 0.4) is 0 Å². The van der Waals surface area contributed by atoms with Crippen molar-refractivity contribution >= 4 is 0 Å². The van der Waals surface area contributed by atoms with E-state index < -0.39 is 0 Å². The Kier molecular flexibility index (Phi) is 1.41. The molecule has 0 aromatic carbocycles. The Morgan fingerprint density at radius 1 is 0.778 bits per heavy atom. The van der Waals surface area contributed by atoms with Crippen molar-refractivity contribution in [2.45, 2.75) is 0 Å². The zero-order valence-corrected chi connectivity index (χ0v) is 5.55. The van der Waals surface area contributed by atoms with E-state index in [1.54, 1.807) is 0 Å². The summed E-state index contributed by atoms with van der Waals surface area (Å²) in [5, 5.41) is 4.74. The highest BCUT2D eigenvalue weighted by atomic mass is 16.5. The summed E-state index contributed by atoms with van der Waals surface area (Å²) < 4.78 is 5.21. The molecule has 2 aliphatic rings. The third kappa shape index (κ3) is 1.23. The van der Waals surface area contributed by atoms with Gasteiger partial charge in [0.1, 0.15) is 0 Å². The number of hydrazine groups is 1. The molecule has 0 aliphatic carbocycles. The quantitative estimate of drug-likeness (QED) is 0.445. The van der Waals surface area contributed by atoms with Crippen molar-refractivity contribution in [1.82, 2.24) is 10.0 Å². The van der Waals surface area contributed by atoms with Crippen molar-refractivity contribution in [1.29, 1.82) is 0 Å². The predicted molar refractivity (Wildman–Crippen MR) is 34.0 cm³/mol. The van der Waals surface area contributed by atoms with Gasteiger partial charge in [-0.1, -0.05) is 0 Å². The van der Waals surface area contributed by atoms with Gasteiger partial charge in [0.15, 0.2) is 0 Å². The minimum Gasteiger partial charge on any atom is -0.379 e. The molecule has 2 fully saturated rings. The van der Waals surface area contributed by atoms with Crippen LogP contribution >= 0.6 is 0 Å². The minimum atomic E-state index is 0.913. The fourth-order valence-electron chi connectivity index (χ4n) is 1.16. The van der Waals surface area contributed by atoms with Crippen LogP contribution in [0.1, 0.15) is 0 Å². The maximum absolute atomic E-state index is 5.21. The average Bonchev–Trinajstić information content (AvgIpc) is 2.71. The largest absolute Gasteiger partial charge is 0.379 e. The summed E-state index contributed by atoms with van der Waals surface area (Å²) in [7, 11) is 0. The molecule has 0 N–H and O–H groups in total. The number of ether oxygens (including phenoxy) is 1. The fraction of sp³-hybridized carbons (Fsp3) is 1.00. The van der Waals surface area contributed by atoms with Gasteiger partial charge in [-0.3, -0.25) is 0 Å². The second kappa shape index (κ2) is 2.25. The van der Waals surface area contributed by atoms with Gasteiger partial charge >= 0.3 is 0 Å². The monoisotopic (exact) mass is 128 g/mol. The lowest BCUT2D eigenvalue weighted by Crippen LogP contribution is -2.39. The summed E-state index contributed by atoms with van der Waals surface area (Å²) in [6, 6.07) is 0. The molecule has 52 valence electrons. The van der Waals surface area contributed by atoms with Gasteiger partial charge in [-0.05, 0) is 0 Å². The van der Waals surface area contributed by atoms with Crippen molar-refractivity contribution in [2.24, 2.45) is 0 Å². The molecule has 2 rings (SSSR count). The molecule has 0 unspecified atom stereocenters. The standard InChI is InChI=1S/C6H12N2O/c1-2-7(1)8-3-5-9-6-4-8/h1-6H2. The molecule has 0 radical (unpaired) electrons. The molecular weight excluding hydrogens is 116 g/mol. The molecule has 2 saturated heterocycles. The first kappa shape index (κ1) is 5.65. The van der Waals surface area contributed by atoms with Gasteiger partial charge in [-0.25, -0.2) is 10.0 Å². The molecule has 0 saturated carbocycles. The lowest BCUT2D eigenvalue weighted by Gasteiger charge is -2.26. The average molecular weight is 128 g/mol. The van der Waals surface area contributed by atoms with Crippen molar-refractivity contribution in [3.63, 3.8) is 0 Å². The summed E-state index contributed by atoms with van der Waals surface area (Å²) in [6.45, 7) is 6.55. The van der Waals surface area contributed by atoms with Crippen LogP contribution in [-0.2, 0) is 4.74 Å². The maximum Gasteiger partial charge on any atom is 0.0608 e. The molecular formula is C6H12N2O. The minimum absolute atomic E-state index is 0.913. The zero-order valence-electron chi connectivity index (χ0n) is 5.55. The number of morpholine rings is 1. The third-order valence-electron chi connectivity index (χ3n) is 1.81.